The van der Waals surface area contributed by atoms with Crippen LogP contribution in [0.3, 0.4) is 0 Å². The zero-order valence-electron chi connectivity index (χ0n) is 8.96. The smallest absolute Gasteiger partial charge is 0.0829 e. The highest BCUT2D eigenvalue weighted by Gasteiger charge is 2.10. The van der Waals surface area contributed by atoms with E-state index in [1.165, 1.54) is 5.56 Å². The second-order valence-electron chi connectivity index (χ2n) is 3.73. The second kappa shape index (κ2) is 4.97. The van der Waals surface area contributed by atoms with E-state index in [0.29, 0.717) is 6.42 Å². The molecule has 0 amide bonds. The Morgan fingerprint density at radius 3 is 2.64 bits per heavy atom. The number of aryl methyl sites for hydroxylation is 1. The minimum absolute atomic E-state index is 0.399. The van der Waals surface area contributed by atoms with Gasteiger partial charge in [0.15, 0.2) is 0 Å². The zero-order chi connectivity index (χ0) is 10.6. The van der Waals surface area contributed by atoms with E-state index >= 15 is 0 Å². The normalized spacial score (nSPS) is 12.5. The maximum Gasteiger partial charge on any atom is 0.0829 e. The molecule has 1 nitrogen and oxygen atoms in total. The molecule has 1 rings (SSSR count). The van der Waals surface area contributed by atoms with Crippen molar-refractivity contribution in [1.29, 1.82) is 0 Å². The summed E-state index contributed by atoms with van der Waals surface area (Å²) in [5, 5.41) is 9.94. The first-order valence-electron chi connectivity index (χ1n) is 5.05. The molecule has 1 aromatic rings. The van der Waals surface area contributed by atoms with Gasteiger partial charge in [-0.3, -0.25) is 0 Å². The Morgan fingerprint density at radius 2 is 2.07 bits per heavy atom. The number of hydrogen-bond acceptors (Lipinski definition) is 1. The fourth-order valence-electron chi connectivity index (χ4n) is 1.62. The van der Waals surface area contributed by atoms with Gasteiger partial charge in [-0.2, -0.15) is 0 Å². The van der Waals surface area contributed by atoms with Crippen molar-refractivity contribution in [3.63, 3.8) is 0 Å². The molecule has 14 heavy (non-hydrogen) atoms. The van der Waals surface area contributed by atoms with Crippen molar-refractivity contribution in [3.05, 3.63) is 47.5 Å². The van der Waals surface area contributed by atoms with E-state index < -0.39 is 6.10 Å². The summed E-state index contributed by atoms with van der Waals surface area (Å²) in [6.07, 6.45) is 1.21. The summed E-state index contributed by atoms with van der Waals surface area (Å²) >= 11 is 0. The molecule has 0 saturated heterocycles. The summed E-state index contributed by atoms with van der Waals surface area (Å²) < 4.78 is 0. The first-order chi connectivity index (χ1) is 6.65. The molecule has 0 fully saturated rings. The standard InChI is InChI=1S/C13H18O/c1-4-11-7-5-6-8-12(11)13(14)9-10(2)3/h5-8,13-14H,2,4,9H2,1,3H3. The van der Waals surface area contributed by atoms with Gasteiger partial charge in [-0.1, -0.05) is 36.8 Å². The summed E-state index contributed by atoms with van der Waals surface area (Å²) in [5.41, 5.74) is 3.28. The van der Waals surface area contributed by atoms with E-state index in [1.807, 2.05) is 25.1 Å². The van der Waals surface area contributed by atoms with Crippen LogP contribution in [-0.4, -0.2) is 5.11 Å². The van der Waals surface area contributed by atoms with Crippen LogP contribution in [0.4, 0.5) is 0 Å². The maximum absolute atomic E-state index is 9.94. The predicted octanol–water partition coefficient (Wildman–Crippen LogP) is 3.25. The highest BCUT2D eigenvalue weighted by Crippen LogP contribution is 2.23. The Morgan fingerprint density at radius 1 is 1.43 bits per heavy atom. The zero-order valence-corrected chi connectivity index (χ0v) is 8.96. The summed E-state index contributed by atoms with van der Waals surface area (Å²) in [7, 11) is 0. The third-order valence-corrected chi connectivity index (χ3v) is 2.34. The molecule has 0 bridgehead atoms. The van der Waals surface area contributed by atoms with Gasteiger partial charge in [-0.05, 0) is 30.9 Å². The van der Waals surface area contributed by atoms with Gasteiger partial charge < -0.3 is 5.11 Å². The number of aliphatic hydroxyl groups is 1. The van der Waals surface area contributed by atoms with Crippen molar-refractivity contribution >= 4 is 0 Å². The van der Waals surface area contributed by atoms with Crippen molar-refractivity contribution in [3.8, 4) is 0 Å². The van der Waals surface area contributed by atoms with Crippen LogP contribution in [0.25, 0.3) is 0 Å². The van der Waals surface area contributed by atoms with E-state index in [2.05, 4.69) is 19.6 Å². The van der Waals surface area contributed by atoms with Gasteiger partial charge in [-0.15, -0.1) is 6.58 Å². The molecule has 1 atom stereocenters. The summed E-state index contributed by atoms with van der Waals surface area (Å²) in [6.45, 7) is 7.86. The topological polar surface area (TPSA) is 20.2 Å². The molecule has 0 aliphatic carbocycles. The molecule has 1 aromatic carbocycles. The summed E-state index contributed by atoms with van der Waals surface area (Å²) in [6, 6.07) is 8.04. The van der Waals surface area contributed by atoms with E-state index in [1.54, 1.807) is 0 Å². The molecule has 0 aliphatic heterocycles. The van der Waals surface area contributed by atoms with Crippen molar-refractivity contribution in [2.75, 3.05) is 0 Å². The first kappa shape index (κ1) is 11.0. The Bertz CT molecular complexity index is 315. The van der Waals surface area contributed by atoms with Crippen LogP contribution in [0.5, 0.6) is 0 Å². The lowest BCUT2D eigenvalue weighted by molar-refractivity contribution is 0.177. The van der Waals surface area contributed by atoms with Crippen LogP contribution < -0.4 is 0 Å². The highest BCUT2D eigenvalue weighted by atomic mass is 16.3. The summed E-state index contributed by atoms with van der Waals surface area (Å²) in [4.78, 5) is 0. The van der Waals surface area contributed by atoms with Crippen molar-refractivity contribution < 1.29 is 5.11 Å². The third kappa shape index (κ3) is 2.71. The Balaban J connectivity index is 2.87. The lowest BCUT2D eigenvalue weighted by atomic mass is 9.97. The average molecular weight is 190 g/mol. The SMILES string of the molecule is C=C(C)CC(O)c1ccccc1CC. The maximum atomic E-state index is 9.94. The van der Waals surface area contributed by atoms with Crippen LogP contribution in [0.1, 0.15) is 37.5 Å². The largest absolute Gasteiger partial charge is 0.388 e. The molecular weight excluding hydrogens is 172 g/mol. The minimum atomic E-state index is -0.399. The summed E-state index contributed by atoms with van der Waals surface area (Å²) in [5.74, 6) is 0. The van der Waals surface area contributed by atoms with Gasteiger partial charge in [-0.25, -0.2) is 0 Å². The van der Waals surface area contributed by atoms with Crippen molar-refractivity contribution in [2.24, 2.45) is 0 Å². The molecular formula is C13H18O. The van der Waals surface area contributed by atoms with Crippen LogP contribution >= 0.6 is 0 Å². The van der Waals surface area contributed by atoms with Gasteiger partial charge in [0.1, 0.15) is 0 Å². The fourth-order valence-corrected chi connectivity index (χ4v) is 1.62. The lowest BCUT2D eigenvalue weighted by Gasteiger charge is -2.14. The van der Waals surface area contributed by atoms with Crippen molar-refractivity contribution in [1.82, 2.24) is 0 Å². The van der Waals surface area contributed by atoms with Crippen LogP contribution in [0, 0.1) is 0 Å². The first-order valence-corrected chi connectivity index (χ1v) is 5.05. The molecule has 0 aromatic heterocycles. The molecule has 0 radical (unpaired) electrons. The lowest BCUT2D eigenvalue weighted by Crippen LogP contribution is -2.01. The molecule has 0 saturated carbocycles. The quantitative estimate of drug-likeness (QED) is 0.722. The van der Waals surface area contributed by atoms with E-state index in [9.17, 15) is 5.11 Å². The Kier molecular flexibility index (Phi) is 3.90. The van der Waals surface area contributed by atoms with Crippen molar-refractivity contribution in [2.45, 2.75) is 32.8 Å². The molecule has 76 valence electrons. The molecule has 0 heterocycles. The molecule has 1 unspecified atom stereocenters. The third-order valence-electron chi connectivity index (χ3n) is 2.34. The van der Waals surface area contributed by atoms with E-state index in [4.69, 9.17) is 0 Å². The second-order valence-corrected chi connectivity index (χ2v) is 3.73. The van der Waals surface area contributed by atoms with Gasteiger partial charge in [0, 0.05) is 0 Å². The Labute approximate surface area is 86.1 Å². The van der Waals surface area contributed by atoms with Gasteiger partial charge >= 0.3 is 0 Å². The van der Waals surface area contributed by atoms with E-state index in [0.717, 1.165) is 17.6 Å². The average Bonchev–Trinajstić information content (AvgIpc) is 2.16. The van der Waals surface area contributed by atoms with Gasteiger partial charge in [0.05, 0.1) is 6.10 Å². The monoisotopic (exact) mass is 190 g/mol. The van der Waals surface area contributed by atoms with E-state index in [-0.39, 0.29) is 0 Å². The van der Waals surface area contributed by atoms with Crippen LogP contribution in [0.15, 0.2) is 36.4 Å². The predicted molar refractivity (Wildman–Crippen MR) is 60.2 cm³/mol. The fraction of sp³-hybridized carbons (Fsp3) is 0.385. The molecule has 0 aliphatic rings. The number of benzene rings is 1. The van der Waals surface area contributed by atoms with Crippen LogP contribution in [0.2, 0.25) is 0 Å². The number of aliphatic hydroxyl groups excluding tert-OH is 1. The molecule has 1 N–H and O–H groups in total. The van der Waals surface area contributed by atoms with Crippen LogP contribution in [-0.2, 0) is 6.42 Å². The van der Waals surface area contributed by atoms with Gasteiger partial charge in [0.25, 0.3) is 0 Å². The number of rotatable bonds is 4. The molecule has 0 spiro atoms. The Hall–Kier alpha value is -1.08. The minimum Gasteiger partial charge on any atom is -0.388 e. The van der Waals surface area contributed by atoms with Gasteiger partial charge in [0.2, 0.25) is 0 Å². The number of hydrogen-bond donors (Lipinski definition) is 1. The highest BCUT2D eigenvalue weighted by molar-refractivity contribution is 5.29. The molecule has 1 heteroatoms.